The number of ether oxygens (including phenoxy) is 1. The number of halogens is 1. The smallest absolute Gasteiger partial charge is 0.269 e. The third-order valence-corrected chi connectivity index (χ3v) is 3.07. The molecule has 0 aliphatic heterocycles. The van der Waals surface area contributed by atoms with Crippen LogP contribution in [0.25, 0.3) is 0 Å². The van der Waals surface area contributed by atoms with Gasteiger partial charge >= 0.3 is 0 Å². The number of hydrogen-bond donors (Lipinski definition) is 1. The van der Waals surface area contributed by atoms with Crippen molar-refractivity contribution in [2.75, 3.05) is 0 Å². The van der Waals surface area contributed by atoms with Crippen LogP contribution in [0.3, 0.4) is 0 Å². The van der Waals surface area contributed by atoms with E-state index in [4.69, 9.17) is 9.84 Å². The molecule has 0 fully saturated rings. The number of nitro benzene ring substituents is 1. The van der Waals surface area contributed by atoms with Gasteiger partial charge in [-0.3, -0.25) is 10.1 Å². The Morgan fingerprint density at radius 1 is 1.21 bits per heavy atom. The van der Waals surface area contributed by atoms with Crippen LogP contribution in [0.4, 0.5) is 5.69 Å². The summed E-state index contributed by atoms with van der Waals surface area (Å²) in [5.74, 6) is 1.08. The van der Waals surface area contributed by atoms with Crippen LogP contribution in [0.5, 0.6) is 11.5 Å². The van der Waals surface area contributed by atoms with Gasteiger partial charge in [0.1, 0.15) is 11.5 Å². The first-order chi connectivity index (χ1) is 9.10. The molecule has 0 unspecified atom stereocenters. The topological polar surface area (TPSA) is 72.6 Å². The summed E-state index contributed by atoms with van der Waals surface area (Å²) >= 11 is 3.34. The summed E-state index contributed by atoms with van der Waals surface area (Å²) in [4.78, 5) is 10.1. The normalized spacial score (nSPS) is 10.2. The maximum Gasteiger partial charge on any atom is 0.269 e. The molecule has 0 heterocycles. The van der Waals surface area contributed by atoms with E-state index in [1.54, 1.807) is 18.2 Å². The minimum Gasteiger partial charge on any atom is -0.456 e. The number of aliphatic hydroxyl groups excluding tert-OH is 1. The second kappa shape index (κ2) is 5.81. The maximum absolute atomic E-state index is 10.5. The molecule has 19 heavy (non-hydrogen) atoms. The molecule has 2 aromatic rings. The van der Waals surface area contributed by atoms with Crippen LogP contribution in [0.15, 0.2) is 46.9 Å². The lowest BCUT2D eigenvalue weighted by molar-refractivity contribution is -0.384. The lowest BCUT2D eigenvalue weighted by Gasteiger charge is -2.08. The lowest BCUT2D eigenvalue weighted by atomic mass is 10.2. The fraction of sp³-hybridized carbons (Fsp3) is 0.0769. The van der Waals surface area contributed by atoms with Gasteiger partial charge < -0.3 is 9.84 Å². The SMILES string of the molecule is O=[N+]([O-])c1ccc(Oc2ccc(CO)cc2Br)cc1. The van der Waals surface area contributed by atoms with Crippen LogP contribution < -0.4 is 4.74 Å². The van der Waals surface area contributed by atoms with Gasteiger partial charge in [-0.1, -0.05) is 6.07 Å². The van der Waals surface area contributed by atoms with Crippen molar-refractivity contribution >= 4 is 21.6 Å². The summed E-state index contributed by atoms with van der Waals surface area (Å²) < 4.78 is 6.30. The zero-order valence-electron chi connectivity index (χ0n) is 9.75. The molecular formula is C13H10BrNO4. The average Bonchev–Trinajstić information content (AvgIpc) is 2.41. The van der Waals surface area contributed by atoms with E-state index in [1.807, 2.05) is 0 Å². The van der Waals surface area contributed by atoms with E-state index in [0.29, 0.717) is 16.0 Å². The van der Waals surface area contributed by atoms with Gasteiger partial charge in [-0.15, -0.1) is 0 Å². The van der Waals surface area contributed by atoms with Crippen LogP contribution in [0.2, 0.25) is 0 Å². The van der Waals surface area contributed by atoms with Crippen molar-refractivity contribution in [1.82, 2.24) is 0 Å². The Kier molecular flexibility index (Phi) is 4.13. The van der Waals surface area contributed by atoms with Gasteiger partial charge in [0.25, 0.3) is 5.69 Å². The third kappa shape index (κ3) is 3.30. The molecule has 6 heteroatoms. The highest BCUT2D eigenvalue weighted by Gasteiger charge is 2.07. The zero-order valence-corrected chi connectivity index (χ0v) is 11.3. The molecule has 2 rings (SSSR count). The van der Waals surface area contributed by atoms with Crippen LogP contribution in [0.1, 0.15) is 5.56 Å². The second-order valence-corrected chi connectivity index (χ2v) is 4.63. The molecule has 0 atom stereocenters. The fourth-order valence-corrected chi connectivity index (χ4v) is 2.00. The van der Waals surface area contributed by atoms with Crippen molar-refractivity contribution in [1.29, 1.82) is 0 Å². The molecular weight excluding hydrogens is 314 g/mol. The molecule has 0 amide bonds. The summed E-state index contributed by atoms with van der Waals surface area (Å²) in [5.41, 5.74) is 0.782. The Labute approximate surface area is 117 Å². The largest absolute Gasteiger partial charge is 0.456 e. The van der Waals surface area contributed by atoms with Crippen LogP contribution in [0, 0.1) is 10.1 Å². The second-order valence-electron chi connectivity index (χ2n) is 3.78. The van der Waals surface area contributed by atoms with E-state index in [0.717, 1.165) is 5.56 Å². The number of nitro groups is 1. The molecule has 0 saturated carbocycles. The van der Waals surface area contributed by atoms with E-state index in [2.05, 4.69) is 15.9 Å². The Hall–Kier alpha value is -1.92. The monoisotopic (exact) mass is 323 g/mol. The summed E-state index contributed by atoms with van der Waals surface area (Å²) in [5, 5.41) is 19.5. The summed E-state index contributed by atoms with van der Waals surface area (Å²) in [6, 6.07) is 11.0. The molecule has 98 valence electrons. The van der Waals surface area contributed by atoms with Crippen molar-refractivity contribution < 1.29 is 14.8 Å². The quantitative estimate of drug-likeness (QED) is 0.688. The molecule has 0 aliphatic carbocycles. The van der Waals surface area contributed by atoms with Crippen LogP contribution in [-0.2, 0) is 6.61 Å². The zero-order chi connectivity index (χ0) is 13.8. The molecule has 2 aromatic carbocycles. The Morgan fingerprint density at radius 3 is 2.42 bits per heavy atom. The fourth-order valence-electron chi connectivity index (χ4n) is 1.49. The van der Waals surface area contributed by atoms with Crippen molar-refractivity contribution in [3.63, 3.8) is 0 Å². The summed E-state index contributed by atoms with van der Waals surface area (Å²) in [7, 11) is 0. The first-order valence-corrected chi connectivity index (χ1v) is 6.21. The summed E-state index contributed by atoms with van der Waals surface area (Å²) in [6.07, 6.45) is 0. The highest BCUT2D eigenvalue weighted by molar-refractivity contribution is 9.10. The Balaban J connectivity index is 2.19. The molecule has 5 nitrogen and oxygen atoms in total. The number of rotatable bonds is 4. The minimum atomic E-state index is -0.463. The lowest BCUT2D eigenvalue weighted by Crippen LogP contribution is -1.90. The van der Waals surface area contributed by atoms with Gasteiger partial charge in [0.15, 0.2) is 0 Å². The van der Waals surface area contributed by atoms with E-state index in [9.17, 15) is 10.1 Å². The van der Waals surface area contributed by atoms with E-state index < -0.39 is 4.92 Å². The maximum atomic E-state index is 10.5. The number of aliphatic hydroxyl groups is 1. The number of hydrogen-bond acceptors (Lipinski definition) is 4. The number of benzene rings is 2. The molecule has 0 bridgehead atoms. The van der Waals surface area contributed by atoms with Crippen LogP contribution in [-0.4, -0.2) is 10.0 Å². The standard InChI is InChI=1S/C13H10BrNO4/c14-12-7-9(8-16)1-6-13(12)19-11-4-2-10(3-5-11)15(17)18/h1-7,16H,8H2. The number of non-ortho nitro benzene ring substituents is 1. The van der Waals surface area contributed by atoms with E-state index in [1.165, 1.54) is 24.3 Å². The highest BCUT2D eigenvalue weighted by Crippen LogP contribution is 2.31. The molecule has 0 saturated heterocycles. The van der Waals surface area contributed by atoms with Gasteiger partial charge in [-0.25, -0.2) is 0 Å². The van der Waals surface area contributed by atoms with Crippen molar-refractivity contribution in [3.05, 3.63) is 62.6 Å². The van der Waals surface area contributed by atoms with Gasteiger partial charge in [-0.05, 0) is 45.8 Å². The van der Waals surface area contributed by atoms with Gasteiger partial charge in [0.2, 0.25) is 0 Å². The van der Waals surface area contributed by atoms with Crippen molar-refractivity contribution in [2.45, 2.75) is 6.61 Å². The predicted octanol–water partition coefficient (Wildman–Crippen LogP) is 3.64. The first kappa shape index (κ1) is 13.5. The van der Waals surface area contributed by atoms with E-state index in [-0.39, 0.29) is 12.3 Å². The molecule has 0 spiro atoms. The molecule has 0 aliphatic rings. The minimum absolute atomic E-state index is 0.0158. The van der Waals surface area contributed by atoms with Crippen molar-refractivity contribution in [3.8, 4) is 11.5 Å². The van der Waals surface area contributed by atoms with Gasteiger partial charge in [0.05, 0.1) is 16.0 Å². The molecule has 1 N–H and O–H groups in total. The molecule has 0 radical (unpaired) electrons. The van der Waals surface area contributed by atoms with E-state index >= 15 is 0 Å². The number of nitrogens with zero attached hydrogens (tertiary/aromatic N) is 1. The van der Waals surface area contributed by atoms with Gasteiger partial charge in [-0.2, -0.15) is 0 Å². The van der Waals surface area contributed by atoms with Crippen LogP contribution >= 0.6 is 15.9 Å². The molecule has 0 aromatic heterocycles. The first-order valence-electron chi connectivity index (χ1n) is 5.42. The highest BCUT2D eigenvalue weighted by atomic mass is 79.9. The third-order valence-electron chi connectivity index (χ3n) is 2.45. The summed E-state index contributed by atoms with van der Waals surface area (Å²) in [6.45, 7) is -0.0452. The Bertz CT molecular complexity index is 598. The average molecular weight is 324 g/mol. The Morgan fingerprint density at radius 2 is 1.89 bits per heavy atom. The van der Waals surface area contributed by atoms with Gasteiger partial charge in [0, 0.05) is 12.1 Å². The predicted molar refractivity (Wildman–Crippen MR) is 73.2 cm³/mol. The van der Waals surface area contributed by atoms with Crippen molar-refractivity contribution in [2.24, 2.45) is 0 Å².